The van der Waals surface area contributed by atoms with E-state index in [4.69, 9.17) is 0 Å². The highest BCUT2D eigenvalue weighted by molar-refractivity contribution is 9.15. The fraction of sp³-hybridized carbons (Fsp3) is 0.111. The Labute approximate surface area is 145 Å². The van der Waals surface area contributed by atoms with Gasteiger partial charge in [0.15, 0.2) is 16.3 Å². The van der Waals surface area contributed by atoms with Crippen LogP contribution in [-0.2, 0) is 8.57 Å². The zero-order valence-electron chi connectivity index (χ0n) is 8.52. The van der Waals surface area contributed by atoms with E-state index in [9.17, 15) is 9.59 Å². The molecule has 1 rings (SSSR count). The van der Waals surface area contributed by atoms with Gasteiger partial charge in [0, 0.05) is 17.9 Å². The van der Waals surface area contributed by atoms with Gasteiger partial charge in [-0.25, -0.2) is 9.59 Å². The molecule has 0 spiro atoms. The summed E-state index contributed by atoms with van der Waals surface area (Å²) in [6.45, 7) is 0. The molecule has 0 heterocycles. The third-order valence-electron chi connectivity index (χ3n) is 1.93. The van der Waals surface area contributed by atoms with Crippen molar-refractivity contribution < 1.29 is 18.2 Å². The van der Waals surface area contributed by atoms with Gasteiger partial charge in [0.25, 0.3) is 0 Å². The molecule has 0 unspecified atom stereocenters. The van der Waals surface area contributed by atoms with Crippen LogP contribution in [0.4, 0.5) is 0 Å². The molecular weight excluding hydrogens is 572 g/mol. The van der Waals surface area contributed by atoms with Gasteiger partial charge in [-0.3, -0.25) is 0 Å². The Hall–Kier alpha value is 0.560. The molecule has 0 aliphatic rings. The van der Waals surface area contributed by atoms with Gasteiger partial charge in [-0.15, -0.1) is 0 Å². The number of ether oxygens (including phenoxy) is 1. The maximum Gasteiger partial charge on any atom is 0.351 e. The Morgan fingerprint density at radius 2 is 1.22 bits per heavy atom. The van der Waals surface area contributed by atoms with Crippen molar-refractivity contribution in [3.63, 3.8) is 0 Å². The van der Waals surface area contributed by atoms with E-state index in [-0.39, 0.29) is 11.1 Å². The van der Waals surface area contributed by atoms with Crippen LogP contribution in [0, 0.1) is 0 Å². The van der Waals surface area contributed by atoms with Gasteiger partial charge in [0.2, 0.25) is 0 Å². The van der Waals surface area contributed by atoms with E-state index in [2.05, 4.69) is 88.5 Å². The molecule has 0 fully saturated rings. The van der Waals surface area contributed by atoms with Gasteiger partial charge in [-0.05, 0) is 63.7 Å². The van der Waals surface area contributed by atoms with Gasteiger partial charge in [-0.2, -0.15) is 0 Å². The third-order valence-corrected chi connectivity index (χ3v) is 6.99. The molecule has 18 heavy (non-hydrogen) atoms. The zero-order valence-corrected chi connectivity index (χ0v) is 16.5. The van der Waals surface area contributed by atoms with Crippen molar-refractivity contribution in [2.75, 3.05) is 7.11 Å². The van der Waals surface area contributed by atoms with E-state index in [1.165, 1.54) is 7.11 Å². The Bertz CT molecular complexity index is 481. The smallest absolute Gasteiger partial charge is 0.351 e. The van der Waals surface area contributed by atoms with Crippen LogP contribution in [0.5, 0.6) is 0 Å². The summed E-state index contributed by atoms with van der Waals surface area (Å²) >= 11 is 15.6. The lowest BCUT2D eigenvalue weighted by Gasteiger charge is -2.13. The minimum absolute atomic E-state index is 0.0423. The van der Waals surface area contributed by atoms with E-state index in [1.54, 1.807) is 0 Å². The van der Waals surface area contributed by atoms with Crippen LogP contribution in [0.2, 0.25) is 0 Å². The Morgan fingerprint density at radius 3 is 1.56 bits per heavy atom. The van der Waals surface area contributed by atoms with Crippen molar-refractivity contribution in [1.29, 1.82) is 0 Å². The first-order valence-corrected chi connectivity index (χ1v) is 7.95. The van der Waals surface area contributed by atoms with E-state index in [0.29, 0.717) is 17.9 Å². The number of carbonyl (C=O) groups excluding carboxylic acids is 2. The molecule has 98 valence electrons. The fourth-order valence-electron chi connectivity index (χ4n) is 1.16. The first-order valence-electron chi connectivity index (χ1n) is 4.13. The van der Waals surface area contributed by atoms with Gasteiger partial charge < -0.3 is 8.57 Å². The quantitative estimate of drug-likeness (QED) is 0.284. The summed E-state index contributed by atoms with van der Waals surface area (Å²) in [6, 6.07) is 0. The summed E-state index contributed by atoms with van der Waals surface area (Å²) in [5.74, 6) is -1.39. The summed E-state index contributed by atoms with van der Waals surface area (Å²) in [6.07, 6.45) is 0. The molecule has 1 aromatic carbocycles. The normalized spacial score (nSPS) is 10.1. The number of esters is 1. The average Bonchev–Trinajstić information content (AvgIpc) is 2.38. The maximum atomic E-state index is 11.8. The second kappa shape index (κ2) is 6.83. The van der Waals surface area contributed by atoms with Crippen LogP contribution in [-0.4, -0.2) is 19.0 Å². The highest BCUT2D eigenvalue weighted by atomic mass is 79.9. The van der Waals surface area contributed by atoms with Crippen LogP contribution in [0.25, 0.3) is 0 Å². The second-order valence-corrected chi connectivity index (χ2v) is 6.36. The first kappa shape index (κ1) is 16.6. The molecule has 0 radical (unpaired) electrons. The SMILES string of the molecule is COC(=O)c1c(Br)c(Br)c(Br)c(Br)c1C(=O)OBr. The minimum atomic E-state index is -0.726. The topological polar surface area (TPSA) is 52.6 Å². The average molecular weight is 575 g/mol. The molecule has 0 bridgehead atoms. The number of hydrogen-bond acceptors (Lipinski definition) is 4. The van der Waals surface area contributed by atoms with Gasteiger partial charge >= 0.3 is 11.9 Å². The summed E-state index contributed by atoms with van der Waals surface area (Å²) in [4.78, 5) is 23.5. The van der Waals surface area contributed by atoms with Gasteiger partial charge in [0.1, 0.15) is 0 Å². The van der Waals surface area contributed by atoms with Gasteiger partial charge in [-0.1, -0.05) is 0 Å². The predicted molar refractivity (Wildman–Crippen MR) is 82.9 cm³/mol. The monoisotopic (exact) mass is 570 g/mol. The fourth-order valence-corrected chi connectivity index (χ4v) is 3.76. The molecule has 0 aliphatic carbocycles. The molecule has 1 aromatic rings. The zero-order chi connectivity index (χ0) is 14.0. The number of rotatable bonds is 2. The highest BCUT2D eigenvalue weighted by Gasteiger charge is 2.29. The number of hydrogen-bond donors (Lipinski definition) is 0. The molecule has 0 saturated carbocycles. The first-order chi connectivity index (χ1) is 8.36. The number of benzene rings is 1. The minimum Gasteiger partial charge on any atom is -0.465 e. The van der Waals surface area contributed by atoms with E-state index in [1.807, 2.05) is 0 Å². The van der Waals surface area contributed by atoms with Crippen LogP contribution in [0.1, 0.15) is 20.7 Å². The van der Waals surface area contributed by atoms with Crippen molar-refractivity contribution in [1.82, 2.24) is 0 Å². The van der Waals surface area contributed by atoms with Crippen molar-refractivity contribution in [2.24, 2.45) is 0 Å². The third kappa shape index (κ3) is 3.00. The summed E-state index contributed by atoms with van der Waals surface area (Å²) < 4.78 is 11.0. The van der Waals surface area contributed by atoms with Crippen LogP contribution in [0.3, 0.4) is 0 Å². The summed E-state index contributed by atoms with van der Waals surface area (Å²) in [7, 11) is 1.22. The van der Waals surface area contributed by atoms with E-state index < -0.39 is 11.9 Å². The predicted octanol–water partition coefficient (Wildman–Crippen LogP) is 4.99. The highest BCUT2D eigenvalue weighted by Crippen LogP contribution is 2.42. The standard InChI is InChI=1S/C9H3Br5O4/c1-17-8(15)2-3(9(16)18-14)5(11)7(13)6(12)4(2)10/h1H3. The lowest BCUT2D eigenvalue weighted by atomic mass is 10.1. The van der Waals surface area contributed by atoms with Crippen molar-refractivity contribution in [3.8, 4) is 0 Å². The molecule has 0 N–H and O–H groups in total. The second-order valence-electron chi connectivity index (χ2n) is 2.86. The summed E-state index contributed by atoms with van der Waals surface area (Å²) in [5, 5.41) is 0. The van der Waals surface area contributed by atoms with Crippen LogP contribution >= 0.6 is 80.0 Å². The number of methoxy groups -OCH3 is 1. The number of carbonyl (C=O) groups is 2. The number of halogens is 5. The van der Waals surface area contributed by atoms with Gasteiger partial charge in [0.05, 0.1) is 18.2 Å². The molecule has 4 nitrogen and oxygen atoms in total. The summed E-state index contributed by atoms with van der Waals surface area (Å²) in [5.41, 5.74) is 0.101. The lowest BCUT2D eigenvalue weighted by Crippen LogP contribution is -2.13. The molecule has 0 amide bonds. The molecule has 0 saturated heterocycles. The Morgan fingerprint density at radius 1 is 0.833 bits per heavy atom. The van der Waals surface area contributed by atoms with Crippen molar-refractivity contribution >= 4 is 91.9 Å². The Kier molecular flexibility index (Phi) is 6.30. The van der Waals surface area contributed by atoms with Crippen LogP contribution < -0.4 is 0 Å². The Balaban J connectivity index is 3.75. The molecule has 0 aromatic heterocycles. The van der Waals surface area contributed by atoms with Crippen molar-refractivity contribution in [3.05, 3.63) is 29.0 Å². The van der Waals surface area contributed by atoms with E-state index in [0.717, 1.165) is 0 Å². The molecule has 0 aliphatic heterocycles. The largest absolute Gasteiger partial charge is 0.465 e. The van der Waals surface area contributed by atoms with Crippen LogP contribution in [0.15, 0.2) is 17.9 Å². The maximum absolute atomic E-state index is 11.8. The molecular formula is C9H3Br5O4. The lowest BCUT2D eigenvalue weighted by molar-refractivity contribution is 0.0589. The molecule has 0 atom stereocenters. The van der Waals surface area contributed by atoms with E-state index >= 15 is 0 Å². The van der Waals surface area contributed by atoms with Crippen molar-refractivity contribution in [2.45, 2.75) is 0 Å². The molecule has 9 heteroatoms.